The molecule has 1 heterocycles. The van der Waals surface area contributed by atoms with E-state index in [4.69, 9.17) is 0 Å². The van der Waals surface area contributed by atoms with Gasteiger partial charge in [0.25, 0.3) is 0 Å². The van der Waals surface area contributed by atoms with E-state index in [0.717, 1.165) is 31.7 Å². The van der Waals surface area contributed by atoms with Gasteiger partial charge in [0.2, 0.25) is 10.0 Å². The number of rotatable bonds is 6. The van der Waals surface area contributed by atoms with Crippen molar-refractivity contribution in [2.75, 3.05) is 39.3 Å². The van der Waals surface area contributed by atoms with Gasteiger partial charge >= 0.3 is 0 Å². The number of piperazine rings is 1. The molecular weight excluding hydrogens is 286 g/mol. The van der Waals surface area contributed by atoms with Crippen molar-refractivity contribution in [1.82, 2.24) is 14.5 Å². The standard InChI is InChI=1S/C15H25N3O2S/c1-3-16-13-14-7-5-6-8-15(14)21(19,20)18-11-9-17(4-2)10-12-18/h5-8,16H,3-4,9-13H2,1-2H3. The first kappa shape index (κ1) is 16.4. The van der Waals surface area contributed by atoms with E-state index in [0.29, 0.717) is 24.5 Å². The lowest BCUT2D eigenvalue weighted by Crippen LogP contribution is -2.48. The van der Waals surface area contributed by atoms with Gasteiger partial charge in [-0.15, -0.1) is 0 Å². The molecule has 1 aromatic rings. The molecule has 21 heavy (non-hydrogen) atoms. The second-order valence-electron chi connectivity index (χ2n) is 5.23. The maximum atomic E-state index is 12.8. The molecule has 2 rings (SSSR count). The highest BCUT2D eigenvalue weighted by molar-refractivity contribution is 7.89. The summed E-state index contributed by atoms with van der Waals surface area (Å²) in [6, 6.07) is 7.29. The van der Waals surface area contributed by atoms with Crippen LogP contribution in [0.5, 0.6) is 0 Å². The number of sulfonamides is 1. The van der Waals surface area contributed by atoms with Gasteiger partial charge in [-0.1, -0.05) is 32.0 Å². The molecular formula is C15H25N3O2S. The van der Waals surface area contributed by atoms with Gasteiger partial charge in [0.1, 0.15) is 0 Å². The first-order chi connectivity index (χ1) is 10.1. The van der Waals surface area contributed by atoms with Crippen molar-refractivity contribution in [1.29, 1.82) is 0 Å². The zero-order valence-electron chi connectivity index (χ0n) is 12.9. The molecule has 5 nitrogen and oxygen atoms in total. The van der Waals surface area contributed by atoms with Gasteiger partial charge in [-0.3, -0.25) is 0 Å². The van der Waals surface area contributed by atoms with Crippen LogP contribution in [0.2, 0.25) is 0 Å². The largest absolute Gasteiger partial charge is 0.313 e. The molecule has 1 N–H and O–H groups in total. The van der Waals surface area contributed by atoms with Crippen LogP contribution in [0.1, 0.15) is 19.4 Å². The molecule has 0 saturated carbocycles. The van der Waals surface area contributed by atoms with Crippen molar-refractivity contribution >= 4 is 10.0 Å². The molecule has 1 aromatic carbocycles. The molecule has 0 radical (unpaired) electrons. The molecule has 0 atom stereocenters. The van der Waals surface area contributed by atoms with Crippen LogP contribution in [0.25, 0.3) is 0 Å². The number of nitrogens with zero attached hydrogens (tertiary/aromatic N) is 2. The Bertz CT molecular complexity index is 552. The van der Waals surface area contributed by atoms with Gasteiger partial charge in [-0.25, -0.2) is 8.42 Å². The highest BCUT2D eigenvalue weighted by atomic mass is 32.2. The van der Waals surface area contributed by atoms with Gasteiger partial charge in [0.05, 0.1) is 4.90 Å². The normalized spacial score (nSPS) is 18.0. The fourth-order valence-electron chi connectivity index (χ4n) is 2.59. The van der Waals surface area contributed by atoms with E-state index in [-0.39, 0.29) is 0 Å². The SMILES string of the molecule is CCNCc1ccccc1S(=O)(=O)N1CCN(CC)CC1. The summed E-state index contributed by atoms with van der Waals surface area (Å²) in [5.74, 6) is 0. The Kier molecular flexibility index (Phi) is 5.75. The third-order valence-electron chi connectivity index (χ3n) is 3.93. The lowest BCUT2D eigenvalue weighted by Gasteiger charge is -2.33. The van der Waals surface area contributed by atoms with Gasteiger partial charge < -0.3 is 10.2 Å². The number of likely N-dealkylation sites (N-methyl/N-ethyl adjacent to an activating group) is 1. The molecule has 118 valence electrons. The summed E-state index contributed by atoms with van der Waals surface area (Å²) in [7, 11) is -3.39. The van der Waals surface area contributed by atoms with Crippen molar-refractivity contribution in [3.05, 3.63) is 29.8 Å². The molecule has 0 aliphatic carbocycles. The molecule has 0 spiro atoms. The highest BCUT2D eigenvalue weighted by Gasteiger charge is 2.29. The topological polar surface area (TPSA) is 52.7 Å². The number of benzene rings is 1. The maximum Gasteiger partial charge on any atom is 0.243 e. The van der Waals surface area contributed by atoms with Gasteiger partial charge in [-0.2, -0.15) is 4.31 Å². The summed E-state index contributed by atoms with van der Waals surface area (Å²) in [5, 5.41) is 3.20. The van der Waals surface area contributed by atoms with Crippen LogP contribution in [-0.2, 0) is 16.6 Å². The zero-order valence-corrected chi connectivity index (χ0v) is 13.7. The lowest BCUT2D eigenvalue weighted by molar-refractivity contribution is 0.196. The predicted octanol–water partition coefficient (Wildman–Crippen LogP) is 1.12. The summed E-state index contributed by atoms with van der Waals surface area (Å²) >= 11 is 0. The van der Waals surface area contributed by atoms with Gasteiger partial charge in [0, 0.05) is 32.7 Å². The van der Waals surface area contributed by atoms with E-state index in [1.165, 1.54) is 0 Å². The second-order valence-corrected chi connectivity index (χ2v) is 7.13. The first-order valence-electron chi connectivity index (χ1n) is 7.60. The van der Waals surface area contributed by atoms with Gasteiger partial charge in [0.15, 0.2) is 0 Å². The molecule has 1 aliphatic rings. The quantitative estimate of drug-likeness (QED) is 0.855. The molecule has 1 saturated heterocycles. The molecule has 0 bridgehead atoms. The third-order valence-corrected chi connectivity index (χ3v) is 5.93. The van der Waals surface area contributed by atoms with Crippen LogP contribution in [-0.4, -0.2) is 56.9 Å². The van der Waals surface area contributed by atoms with E-state index in [1.54, 1.807) is 16.4 Å². The highest BCUT2D eigenvalue weighted by Crippen LogP contribution is 2.21. The minimum absolute atomic E-state index is 0.441. The number of nitrogens with one attached hydrogen (secondary N) is 1. The van der Waals surface area contributed by atoms with E-state index in [9.17, 15) is 8.42 Å². The van der Waals surface area contributed by atoms with Crippen LogP contribution in [0.4, 0.5) is 0 Å². The van der Waals surface area contributed by atoms with Crippen molar-refractivity contribution in [2.24, 2.45) is 0 Å². The fourth-order valence-corrected chi connectivity index (χ4v) is 4.23. The molecule has 0 amide bonds. The van der Waals surface area contributed by atoms with Crippen LogP contribution in [0.15, 0.2) is 29.2 Å². The predicted molar refractivity (Wildman–Crippen MR) is 84.7 cm³/mol. The lowest BCUT2D eigenvalue weighted by atomic mass is 10.2. The summed E-state index contributed by atoms with van der Waals surface area (Å²) in [4.78, 5) is 2.72. The molecule has 1 aliphatic heterocycles. The first-order valence-corrected chi connectivity index (χ1v) is 9.04. The third kappa shape index (κ3) is 3.83. The Morgan fingerprint density at radius 3 is 2.38 bits per heavy atom. The number of hydrogen-bond acceptors (Lipinski definition) is 4. The fraction of sp³-hybridized carbons (Fsp3) is 0.600. The zero-order chi connectivity index (χ0) is 15.3. The minimum Gasteiger partial charge on any atom is -0.313 e. The second kappa shape index (κ2) is 7.35. The van der Waals surface area contributed by atoms with Crippen LogP contribution < -0.4 is 5.32 Å². The molecule has 0 unspecified atom stereocenters. The van der Waals surface area contributed by atoms with Crippen LogP contribution >= 0.6 is 0 Å². The van der Waals surface area contributed by atoms with Crippen molar-refractivity contribution < 1.29 is 8.42 Å². The van der Waals surface area contributed by atoms with E-state index in [2.05, 4.69) is 17.1 Å². The summed E-state index contributed by atoms with van der Waals surface area (Å²) in [5.41, 5.74) is 0.845. The smallest absolute Gasteiger partial charge is 0.243 e. The molecule has 6 heteroatoms. The van der Waals surface area contributed by atoms with Crippen molar-refractivity contribution in [2.45, 2.75) is 25.3 Å². The minimum atomic E-state index is -3.39. The Balaban J connectivity index is 2.20. The average Bonchev–Trinajstić information content (AvgIpc) is 2.53. The summed E-state index contributed by atoms with van der Waals surface area (Å²) < 4.78 is 27.3. The van der Waals surface area contributed by atoms with E-state index < -0.39 is 10.0 Å². The van der Waals surface area contributed by atoms with E-state index >= 15 is 0 Å². The maximum absolute atomic E-state index is 12.8. The monoisotopic (exact) mass is 311 g/mol. The Morgan fingerprint density at radius 2 is 1.76 bits per heavy atom. The summed E-state index contributed by atoms with van der Waals surface area (Å²) in [6.45, 7) is 9.28. The average molecular weight is 311 g/mol. The molecule has 0 aromatic heterocycles. The Hall–Kier alpha value is -0.950. The Labute approximate surface area is 128 Å². The molecule has 1 fully saturated rings. The number of hydrogen-bond donors (Lipinski definition) is 1. The van der Waals surface area contributed by atoms with Crippen molar-refractivity contribution in [3.63, 3.8) is 0 Å². The van der Waals surface area contributed by atoms with E-state index in [1.807, 2.05) is 19.1 Å². The van der Waals surface area contributed by atoms with Crippen LogP contribution in [0.3, 0.4) is 0 Å². The van der Waals surface area contributed by atoms with Crippen LogP contribution in [0, 0.1) is 0 Å². The van der Waals surface area contributed by atoms with Gasteiger partial charge in [-0.05, 0) is 24.7 Å². The van der Waals surface area contributed by atoms with Crippen molar-refractivity contribution in [3.8, 4) is 0 Å². The summed E-state index contributed by atoms with van der Waals surface area (Å²) in [6.07, 6.45) is 0. The Morgan fingerprint density at radius 1 is 1.10 bits per heavy atom.